The van der Waals surface area contributed by atoms with Crippen molar-refractivity contribution in [2.45, 2.75) is 23.2 Å². The van der Waals surface area contributed by atoms with Crippen LogP contribution >= 0.6 is 0 Å². The monoisotopic (exact) mass is 506 g/mol. The molecule has 0 spiro atoms. The number of benzene rings is 3. The molecule has 192 valence electrons. The molecule has 0 radical (unpaired) electrons. The molecule has 0 bridgehead atoms. The number of methoxy groups -OCH3 is 3. The number of hydrogen-bond donors (Lipinski definition) is 2. The molecule has 1 fully saturated rings. The summed E-state index contributed by atoms with van der Waals surface area (Å²) in [5, 5.41) is 24.6. The van der Waals surface area contributed by atoms with Crippen molar-refractivity contribution in [2.24, 2.45) is 5.92 Å². The Labute approximate surface area is 213 Å². The average molecular weight is 507 g/mol. The molecule has 37 heavy (non-hydrogen) atoms. The highest BCUT2D eigenvalue weighted by molar-refractivity contribution is 5.78. The minimum atomic E-state index is -2.11. The lowest BCUT2D eigenvalue weighted by Gasteiger charge is -2.40. The van der Waals surface area contributed by atoms with E-state index in [2.05, 4.69) is 0 Å². The third kappa shape index (κ3) is 2.95. The largest absolute Gasteiger partial charge is 0.497 e. The highest BCUT2D eigenvalue weighted by Gasteiger charge is 2.78. The third-order valence-electron chi connectivity index (χ3n) is 7.72. The van der Waals surface area contributed by atoms with Gasteiger partial charge in [-0.1, -0.05) is 36.4 Å². The maximum atomic E-state index is 13.3. The smallest absolute Gasteiger partial charge is 0.312 e. The van der Waals surface area contributed by atoms with E-state index >= 15 is 0 Å². The number of hydrogen-bond acceptors (Lipinski definition) is 9. The molecule has 2 aliphatic heterocycles. The Bertz CT molecular complexity index is 1370. The van der Waals surface area contributed by atoms with Crippen molar-refractivity contribution in [3.8, 4) is 28.7 Å². The summed E-state index contributed by atoms with van der Waals surface area (Å²) in [5.74, 6) is -0.780. The van der Waals surface area contributed by atoms with Crippen LogP contribution in [0.5, 0.6) is 28.7 Å². The van der Waals surface area contributed by atoms with Crippen molar-refractivity contribution in [1.82, 2.24) is 0 Å². The normalized spacial score (nSPS) is 28.7. The van der Waals surface area contributed by atoms with Gasteiger partial charge >= 0.3 is 5.97 Å². The molecule has 1 aliphatic carbocycles. The van der Waals surface area contributed by atoms with Gasteiger partial charge in [-0.05, 0) is 23.8 Å². The van der Waals surface area contributed by atoms with E-state index in [1.807, 2.05) is 30.3 Å². The summed E-state index contributed by atoms with van der Waals surface area (Å²) in [7, 11) is 4.22. The highest BCUT2D eigenvalue weighted by Crippen LogP contribution is 2.70. The summed E-state index contributed by atoms with van der Waals surface area (Å²) < 4.78 is 34.1. The van der Waals surface area contributed by atoms with E-state index in [0.717, 1.165) is 0 Å². The molecular formula is C28H26O9. The van der Waals surface area contributed by atoms with Gasteiger partial charge in [0.25, 0.3) is 0 Å². The Balaban J connectivity index is 1.71. The second-order valence-electron chi connectivity index (χ2n) is 9.26. The number of aliphatic hydroxyl groups excluding tert-OH is 1. The number of ether oxygens (including phenoxy) is 6. The summed E-state index contributed by atoms with van der Waals surface area (Å²) in [6.45, 7) is 0.0533. The van der Waals surface area contributed by atoms with Gasteiger partial charge in [-0.2, -0.15) is 0 Å². The molecule has 0 amide bonds. The maximum Gasteiger partial charge on any atom is 0.312 e. The fourth-order valence-corrected chi connectivity index (χ4v) is 6.14. The van der Waals surface area contributed by atoms with Crippen LogP contribution in [0.25, 0.3) is 0 Å². The zero-order valence-corrected chi connectivity index (χ0v) is 20.5. The van der Waals surface area contributed by atoms with Gasteiger partial charge in [-0.15, -0.1) is 0 Å². The zero-order valence-electron chi connectivity index (χ0n) is 20.5. The van der Waals surface area contributed by atoms with Crippen molar-refractivity contribution in [3.05, 3.63) is 77.4 Å². The van der Waals surface area contributed by atoms with Crippen molar-refractivity contribution >= 4 is 5.97 Å². The summed E-state index contributed by atoms with van der Waals surface area (Å²) in [6, 6.07) is 17.6. The SMILES string of the molecule is COC(=O)C1C(O)C2(O)c3cc(OC)cc(OC)c3OC2(c2ccc3c(c2)OCO3)C1c1ccccc1. The van der Waals surface area contributed by atoms with Crippen LogP contribution in [0.1, 0.15) is 22.6 Å². The van der Waals surface area contributed by atoms with Crippen LogP contribution in [0, 0.1) is 5.92 Å². The topological polar surface area (TPSA) is 113 Å². The molecule has 9 nitrogen and oxygen atoms in total. The summed E-state index contributed by atoms with van der Waals surface area (Å²) >= 11 is 0. The molecule has 0 aromatic heterocycles. The van der Waals surface area contributed by atoms with E-state index in [1.54, 1.807) is 30.3 Å². The second-order valence-corrected chi connectivity index (χ2v) is 9.26. The van der Waals surface area contributed by atoms with Gasteiger partial charge in [0.2, 0.25) is 6.79 Å². The summed E-state index contributed by atoms with van der Waals surface area (Å²) in [6.07, 6.45) is -1.62. The fraction of sp³-hybridized carbons (Fsp3) is 0.321. The van der Waals surface area contributed by atoms with Gasteiger partial charge in [0.05, 0.1) is 27.2 Å². The molecule has 2 N–H and O–H groups in total. The molecule has 3 aromatic rings. The predicted molar refractivity (Wildman–Crippen MR) is 129 cm³/mol. The first kappa shape index (κ1) is 23.4. The number of aliphatic hydroxyl groups is 2. The van der Waals surface area contributed by atoms with Gasteiger partial charge in [-0.3, -0.25) is 4.79 Å². The van der Waals surface area contributed by atoms with Crippen LogP contribution in [0.2, 0.25) is 0 Å². The Morgan fingerprint density at radius 2 is 1.73 bits per heavy atom. The van der Waals surface area contributed by atoms with Crippen LogP contribution in [0.4, 0.5) is 0 Å². The predicted octanol–water partition coefficient (Wildman–Crippen LogP) is 2.86. The van der Waals surface area contributed by atoms with E-state index in [-0.39, 0.29) is 18.1 Å². The molecule has 2 heterocycles. The molecule has 6 rings (SSSR count). The first-order chi connectivity index (χ1) is 17.9. The minimum Gasteiger partial charge on any atom is -0.497 e. The van der Waals surface area contributed by atoms with Crippen LogP contribution in [-0.2, 0) is 20.7 Å². The molecule has 9 heteroatoms. The van der Waals surface area contributed by atoms with E-state index in [1.165, 1.54) is 21.3 Å². The Morgan fingerprint density at radius 1 is 0.973 bits per heavy atom. The first-order valence-corrected chi connectivity index (χ1v) is 11.8. The minimum absolute atomic E-state index is 0.0533. The Morgan fingerprint density at radius 3 is 2.43 bits per heavy atom. The van der Waals surface area contributed by atoms with Gasteiger partial charge in [0.1, 0.15) is 11.9 Å². The van der Waals surface area contributed by atoms with Crippen molar-refractivity contribution in [3.63, 3.8) is 0 Å². The van der Waals surface area contributed by atoms with Crippen LogP contribution < -0.4 is 23.7 Å². The molecule has 3 aromatic carbocycles. The van der Waals surface area contributed by atoms with E-state index in [4.69, 9.17) is 28.4 Å². The number of carbonyl (C=O) groups is 1. The number of rotatable bonds is 5. The van der Waals surface area contributed by atoms with Crippen LogP contribution in [0.3, 0.4) is 0 Å². The molecule has 3 aliphatic rings. The standard InChI is InChI=1S/C28H26O9/c1-32-17-12-18-24(21(13-17)33-2)37-28(16-9-10-19-20(11-16)36-14-35-19)23(15-7-5-4-6-8-15)22(26(30)34-3)25(29)27(18,28)31/h4-13,22-23,25,29,31H,14H2,1-3H3. The average Bonchev–Trinajstić information content (AvgIpc) is 3.56. The zero-order chi connectivity index (χ0) is 25.9. The molecule has 0 saturated heterocycles. The number of fused-ring (bicyclic) bond motifs is 4. The van der Waals surface area contributed by atoms with E-state index in [0.29, 0.717) is 34.1 Å². The summed E-state index contributed by atoms with van der Waals surface area (Å²) in [5.41, 5.74) is -2.41. The fourth-order valence-electron chi connectivity index (χ4n) is 6.14. The number of carbonyl (C=O) groups excluding carboxylic acids is 1. The number of esters is 1. The first-order valence-electron chi connectivity index (χ1n) is 11.8. The van der Waals surface area contributed by atoms with Crippen LogP contribution in [0.15, 0.2) is 60.7 Å². The van der Waals surface area contributed by atoms with Gasteiger partial charge < -0.3 is 38.6 Å². The Hall–Kier alpha value is -3.95. The second kappa shape index (κ2) is 8.29. The van der Waals surface area contributed by atoms with Crippen molar-refractivity contribution < 1.29 is 43.4 Å². The van der Waals surface area contributed by atoms with Gasteiger partial charge in [0.15, 0.2) is 34.2 Å². The van der Waals surface area contributed by atoms with Crippen molar-refractivity contribution in [2.75, 3.05) is 28.1 Å². The molecule has 1 saturated carbocycles. The summed E-state index contributed by atoms with van der Waals surface area (Å²) in [4.78, 5) is 13.3. The Kier molecular flexibility index (Phi) is 5.25. The lowest BCUT2D eigenvalue weighted by molar-refractivity contribution is -0.161. The maximum absolute atomic E-state index is 13.3. The van der Waals surface area contributed by atoms with E-state index in [9.17, 15) is 15.0 Å². The quantitative estimate of drug-likeness (QED) is 0.505. The van der Waals surface area contributed by atoms with E-state index < -0.39 is 35.1 Å². The van der Waals surface area contributed by atoms with Gasteiger partial charge in [0, 0.05) is 23.1 Å². The lowest BCUT2D eigenvalue weighted by atomic mass is 9.70. The van der Waals surface area contributed by atoms with Crippen molar-refractivity contribution in [1.29, 1.82) is 0 Å². The molecule has 5 unspecified atom stereocenters. The van der Waals surface area contributed by atoms with Crippen LogP contribution in [-0.4, -0.2) is 50.4 Å². The van der Waals surface area contributed by atoms with Gasteiger partial charge in [-0.25, -0.2) is 0 Å². The molecular weight excluding hydrogens is 480 g/mol. The third-order valence-corrected chi connectivity index (χ3v) is 7.72. The highest BCUT2D eigenvalue weighted by atomic mass is 16.7. The lowest BCUT2D eigenvalue weighted by Crippen LogP contribution is -2.52. The molecule has 5 atom stereocenters.